The van der Waals surface area contributed by atoms with Crippen molar-refractivity contribution in [2.75, 3.05) is 39.3 Å². The average Bonchev–Trinajstić information content (AvgIpc) is 2.28. The predicted octanol–water partition coefficient (Wildman–Crippen LogP) is 0.0450. The fourth-order valence-electron chi connectivity index (χ4n) is 2.53. The summed E-state index contributed by atoms with van der Waals surface area (Å²) >= 11 is 0. The molecule has 0 aromatic carbocycles. The van der Waals surface area contributed by atoms with Gasteiger partial charge in [0.15, 0.2) is 0 Å². The molecule has 2 N–H and O–H groups in total. The molecule has 4 heteroatoms. The van der Waals surface area contributed by atoms with Gasteiger partial charge in [-0.25, -0.2) is 0 Å². The Morgan fingerprint density at radius 3 is 1.81 bits per heavy atom. The smallest absolute Gasteiger partial charge is 0.0967 e. The second kappa shape index (κ2) is 5.06. The molecule has 0 amide bonds. The maximum absolute atomic E-state index is 4.27. The van der Waals surface area contributed by atoms with Crippen LogP contribution in [-0.2, 0) is 0 Å². The molecule has 4 nitrogen and oxygen atoms in total. The van der Waals surface area contributed by atoms with Gasteiger partial charge in [-0.1, -0.05) is 6.58 Å². The van der Waals surface area contributed by atoms with Gasteiger partial charge in [-0.3, -0.25) is 0 Å². The van der Waals surface area contributed by atoms with Crippen LogP contribution in [0.2, 0.25) is 0 Å². The molecule has 0 aliphatic carbocycles. The first-order valence-corrected chi connectivity index (χ1v) is 6.32. The van der Waals surface area contributed by atoms with Crippen LogP contribution < -0.4 is 10.6 Å². The Bertz CT molecular complexity index is 229. The lowest BCUT2D eigenvalue weighted by Gasteiger charge is -2.42. The summed E-state index contributed by atoms with van der Waals surface area (Å²) in [7, 11) is 0. The summed E-state index contributed by atoms with van der Waals surface area (Å²) in [5.74, 6) is 1.21. The van der Waals surface area contributed by atoms with E-state index in [4.69, 9.17) is 0 Å². The van der Waals surface area contributed by atoms with Crippen LogP contribution in [0.25, 0.3) is 0 Å². The van der Waals surface area contributed by atoms with Gasteiger partial charge < -0.3 is 20.4 Å². The zero-order valence-corrected chi connectivity index (χ0v) is 10.5. The predicted molar refractivity (Wildman–Crippen MR) is 67.2 cm³/mol. The van der Waals surface area contributed by atoms with E-state index in [1.165, 1.54) is 5.82 Å². The highest BCUT2D eigenvalue weighted by Crippen LogP contribution is 2.13. The molecule has 92 valence electrons. The first kappa shape index (κ1) is 11.7. The number of rotatable bonds is 2. The highest BCUT2D eigenvalue weighted by Gasteiger charge is 2.23. The molecule has 16 heavy (non-hydrogen) atoms. The van der Waals surface area contributed by atoms with E-state index in [0.717, 1.165) is 39.3 Å². The molecular formula is C12H24N4. The van der Waals surface area contributed by atoms with Crippen LogP contribution in [0.4, 0.5) is 0 Å². The molecule has 0 aromatic rings. The van der Waals surface area contributed by atoms with Crippen LogP contribution in [0, 0.1) is 0 Å². The van der Waals surface area contributed by atoms with E-state index in [0.29, 0.717) is 12.1 Å². The van der Waals surface area contributed by atoms with Crippen LogP contribution >= 0.6 is 0 Å². The minimum absolute atomic E-state index is 0.575. The lowest BCUT2D eigenvalue weighted by Crippen LogP contribution is -2.55. The number of nitrogens with zero attached hydrogens (tertiary/aromatic N) is 2. The van der Waals surface area contributed by atoms with Crippen molar-refractivity contribution in [3.8, 4) is 0 Å². The van der Waals surface area contributed by atoms with Crippen molar-refractivity contribution >= 4 is 0 Å². The number of hydrogen-bond acceptors (Lipinski definition) is 4. The molecule has 0 spiro atoms. The second-order valence-corrected chi connectivity index (χ2v) is 5.02. The van der Waals surface area contributed by atoms with Gasteiger partial charge in [0.05, 0.1) is 5.82 Å². The van der Waals surface area contributed by atoms with E-state index < -0.39 is 0 Å². The summed E-state index contributed by atoms with van der Waals surface area (Å²) in [6.07, 6.45) is 0. The van der Waals surface area contributed by atoms with E-state index in [1.54, 1.807) is 0 Å². The molecule has 2 rings (SSSR count). The van der Waals surface area contributed by atoms with Gasteiger partial charge in [-0.05, 0) is 13.8 Å². The minimum atomic E-state index is 0.575. The monoisotopic (exact) mass is 224 g/mol. The summed E-state index contributed by atoms with van der Waals surface area (Å²) in [5, 5.41) is 6.93. The fourth-order valence-corrected chi connectivity index (χ4v) is 2.53. The summed E-state index contributed by atoms with van der Waals surface area (Å²) in [6.45, 7) is 15.2. The third-order valence-electron chi connectivity index (χ3n) is 3.47. The summed E-state index contributed by atoms with van der Waals surface area (Å²) in [6, 6.07) is 1.15. The van der Waals surface area contributed by atoms with Crippen LogP contribution in [0.3, 0.4) is 0 Å². The van der Waals surface area contributed by atoms with Crippen LogP contribution in [-0.4, -0.2) is 61.2 Å². The Morgan fingerprint density at radius 2 is 1.44 bits per heavy atom. The third-order valence-corrected chi connectivity index (χ3v) is 3.47. The first-order valence-electron chi connectivity index (χ1n) is 6.32. The van der Waals surface area contributed by atoms with Crippen molar-refractivity contribution in [1.82, 2.24) is 20.4 Å². The topological polar surface area (TPSA) is 30.5 Å². The zero-order valence-electron chi connectivity index (χ0n) is 10.5. The largest absolute Gasteiger partial charge is 0.356 e. The molecular weight excluding hydrogens is 200 g/mol. The quantitative estimate of drug-likeness (QED) is 0.694. The SMILES string of the molecule is C=C(N1CCNC(C)C1)N1CCNC(C)C1. The minimum Gasteiger partial charge on any atom is -0.356 e. The Kier molecular flexibility index (Phi) is 3.71. The Hall–Kier alpha value is -0.740. The zero-order chi connectivity index (χ0) is 11.5. The van der Waals surface area contributed by atoms with Crippen LogP contribution in [0.1, 0.15) is 13.8 Å². The van der Waals surface area contributed by atoms with Crippen molar-refractivity contribution in [3.63, 3.8) is 0 Å². The maximum atomic E-state index is 4.27. The van der Waals surface area contributed by atoms with Gasteiger partial charge in [-0.2, -0.15) is 0 Å². The van der Waals surface area contributed by atoms with Crippen molar-refractivity contribution < 1.29 is 0 Å². The first-order chi connectivity index (χ1) is 7.66. The van der Waals surface area contributed by atoms with E-state index in [9.17, 15) is 0 Å². The number of piperazine rings is 2. The molecule has 0 bridgehead atoms. The average molecular weight is 224 g/mol. The molecule has 2 aliphatic heterocycles. The molecule has 2 saturated heterocycles. The maximum Gasteiger partial charge on any atom is 0.0967 e. The molecule has 2 fully saturated rings. The Labute approximate surface area is 98.7 Å². The fraction of sp³-hybridized carbons (Fsp3) is 0.833. The van der Waals surface area contributed by atoms with Crippen LogP contribution in [0.5, 0.6) is 0 Å². The Balaban J connectivity index is 1.90. The lowest BCUT2D eigenvalue weighted by atomic mass is 10.2. The van der Waals surface area contributed by atoms with E-state index in [-0.39, 0.29) is 0 Å². The standard InChI is InChI=1S/C12H24N4/c1-10-8-15(6-4-13-10)12(3)16-7-5-14-11(2)9-16/h10-11,13-14H,3-9H2,1-2H3. The number of hydrogen-bond donors (Lipinski definition) is 2. The molecule has 2 aliphatic rings. The van der Waals surface area contributed by atoms with Gasteiger partial charge >= 0.3 is 0 Å². The van der Waals surface area contributed by atoms with Gasteiger partial charge in [0, 0.05) is 51.4 Å². The normalized spacial score (nSPS) is 31.6. The van der Waals surface area contributed by atoms with Gasteiger partial charge in [0.25, 0.3) is 0 Å². The van der Waals surface area contributed by atoms with E-state index in [1.807, 2.05) is 0 Å². The summed E-state index contributed by atoms with van der Waals surface area (Å²) in [4.78, 5) is 4.83. The molecule has 0 saturated carbocycles. The van der Waals surface area contributed by atoms with Crippen LogP contribution in [0.15, 0.2) is 12.4 Å². The summed E-state index contributed by atoms with van der Waals surface area (Å²) < 4.78 is 0. The van der Waals surface area contributed by atoms with Crippen molar-refractivity contribution in [3.05, 3.63) is 12.4 Å². The van der Waals surface area contributed by atoms with Crippen molar-refractivity contribution in [2.45, 2.75) is 25.9 Å². The van der Waals surface area contributed by atoms with Crippen molar-refractivity contribution in [1.29, 1.82) is 0 Å². The summed E-state index contributed by atoms with van der Waals surface area (Å²) in [5.41, 5.74) is 0. The Morgan fingerprint density at radius 1 is 1.00 bits per heavy atom. The third kappa shape index (κ3) is 2.68. The molecule has 0 radical (unpaired) electrons. The molecule has 2 unspecified atom stereocenters. The highest BCUT2D eigenvalue weighted by molar-refractivity contribution is 4.99. The van der Waals surface area contributed by atoms with Gasteiger partial charge in [-0.15, -0.1) is 0 Å². The lowest BCUT2D eigenvalue weighted by molar-refractivity contribution is 0.150. The van der Waals surface area contributed by atoms with Gasteiger partial charge in [0.2, 0.25) is 0 Å². The second-order valence-electron chi connectivity index (χ2n) is 5.02. The molecule has 0 aromatic heterocycles. The molecule has 2 atom stereocenters. The van der Waals surface area contributed by atoms with Crippen molar-refractivity contribution in [2.24, 2.45) is 0 Å². The molecule has 2 heterocycles. The number of nitrogens with one attached hydrogen (secondary N) is 2. The van der Waals surface area contributed by atoms with Gasteiger partial charge in [0.1, 0.15) is 0 Å². The highest BCUT2D eigenvalue weighted by atomic mass is 15.4. The van der Waals surface area contributed by atoms with E-state index in [2.05, 4.69) is 40.9 Å². The van der Waals surface area contributed by atoms with E-state index >= 15 is 0 Å².